The van der Waals surface area contributed by atoms with Gasteiger partial charge in [0.05, 0.1) is 5.01 Å². The Hall–Kier alpha value is -0.410. The van der Waals surface area contributed by atoms with Crippen molar-refractivity contribution in [3.63, 3.8) is 0 Å². The number of rotatable bonds is 5. The molecule has 1 aromatic rings. The fraction of sp³-hybridized carbons (Fsp3) is 0.800. The first-order valence-electron chi connectivity index (χ1n) is 7.44. The van der Waals surface area contributed by atoms with Gasteiger partial charge in [0, 0.05) is 23.5 Å². The fourth-order valence-electron chi connectivity index (χ4n) is 2.95. The van der Waals surface area contributed by atoms with E-state index < -0.39 is 0 Å². The number of nitrogens with zero attached hydrogens (tertiary/aromatic N) is 1. The highest BCUT2D eigenvalue weighted by atomic mass is 32.1. The Labute approximate surface area is 115 Å². The van der Waals surface area contributed by atoms with Crippen molar-refractivity contribution >= 4 is 11.3 Å². The van der Waals surface area contributed by atoms with Gasteiger partial charge < -0.3 is 5.32 Å². The fourth-order valence-corrected chi connectivity index (χ4v) is 3.81. The zero-order valence-corrected chi connectivity index (χ0v) is 12.6. The van der Waals surface area contributed by atoms with Crippen LogP contribution in [0.2, 0.25) is 0 Å². The average Bonchev–Trinajstić information content (AvgIpc) is 2.64. The molecule has 0 spiro atoms. The molecule has 0 aliphatic heterocycles. The Kier molecular flexibility index (Phi) is 5.64. The van der Waals surface area contributed by atoms with E-state index in [0.29, 0.717) is 0 Å². The van der Waals surface area contributed by atoms with Crippen molar-refractivity contribution in [3.05, 3.63) is 16.1 Å². The van der Waals surface area contributed by atoms with Gasteiger partial charge >= 0.3 is 0 Å². The smallest absolute Gasteiger partial charge is 0.0931 e. The van der Waals surface area contributed by atoms with E-state index in [1.165, 1.54) is 55.6 Å². The SMILES string of the molecule is CCCNC1CCCCCC1Cc1nc(C)cs1. The third-order valence-corrected chi connectivity index (χ3v) is 4.91. The molecule has 1 aromatic heterocycles. The Bertz CT molecular complexity index is 348. The molecule has 0 bridgehead atoms. The predicted octanol–water partition coefficient (Wildman–Crippen LogP) is 3.94. The molecule has 0 radical (unpaired) electrons. The van der Waals surface area contributed by atoms with Gasteiger partial charge in [0.1, 0.15) is 0 Å². The highest BCUT2D eigenvalue weighted by molar-refractivity contribution is 7.09. The summed E-state index contributed by atoms with van der Waals surface area (Å²) in [5.41, 5.74) is 1.18. The van der Waals surface area contributed by atoms with Crippen LogP contribution in [-0.2, 0) is 6.42 Å². The summed E-state index contributed by atoms with van der Waals surface area (Å²) in [5, 5.41) is 7.28. The highest BCUT2D eigenvalue weighted by Gasteiger charge is 2.24. The van der Waals surface area contributed by atoms with Crippen LogP contribution in [0.4, 0.5) is 0 Å². The molecule has 0 saturated heterocycles. The van der Waals surface area contributed by atoms with E-state index in [2.05, 4.69) is 29.5 Å². The summed E-state index contributed by atoms with van der Waals surface area (Å²) in [7, 11) is 0. The van der Waals surface area contributed by atoms with Crippen LogP contribution in [0.3, 0.4) is 0 Å². The van der Waals surface area contributed by atoms with E-state index in [0.717, 1.165) is 18.5 Å². The Balaban J connectivity index is 1.96. The maximum atomic E-state index is 4.64. The summed E-state index contributed by atoms with van der Waals surface area (Å²) in [4.78, 5) is 4.64. The normalized spacial score (nSPS) is 25.0. The van der Waals surface area contributed by atoms with Gasteiger partial charge in [0.2, 0.25) is 0 Å². The Morgan fingerprint density at radius 2 is 2.17 bits per heavy atom. The van der Waals surface area contributed by atoms with E-state index in [1.807, 2.05) is 11.3 Å². The lowest BCUT2D eigenvalue weighted by atomic mass is 9.91. The minimum atomic E-state index is 0.719. The van der Waals surface area contributed by atoms with E-state index >= 15 is 0 Å². The Morgan fingerprint density at radius 3 is 2.89 bits per heavy atom. The summed E-state index contributed by atoms with van der Waals surface area (Å²) in [5.74, 6) is 0.796. The van der Waals surface area contributed by atoms with E-state index in [9.17, 15) is 0 Å². The minimum Gasteiger partial charge on any atom is -0.314 e. The lowest BCUT2D eigenvalue weighted by Gasteiger charge is -2.25. The number of aryl methyl sites for hydroxylation is 1. The second kappa shape index (κ2) is 7.25. The van der Waals surface area contributed by atoms with Gasteiger partial charge in [-0.3, -0.25) is 0 Å². The molecule has 1 aliphatic carbocycles. The molecule has 0 amide bonds. The molecule has 2 unspecified atom stereocenters. The van der Waals surface area contributed by atoms with Crippen molar-refractivity contribution in [2.75, 3.05) is 6.54 Å². The monoisotopic (exact) mass is 266 g/mol. The molecule has 1 fully saturated rings. The summed E-state index contributed by atoms with van der Waals surface area (Å²) < 4.78 is 0. The lowest BCUT2D eigenvalue weighted by molar-refractivity contribution is 0.332. The quantitative estimate of drug-likeness (QED) is 0.816. The van der Waals surface area contributed by atoms with Gasteiger partial charge in [-0.05, 0) is 38.6 Å². The standard InChI is InChI=1S/C15H26N2S/c1-3-9-16-14-8-6-4-5-7-13(14)10-15-17-12(2)11-18-15/h11,13-14,16H,3-10H2,1-2H3. The van der Waals surface area contributed by atoms with E-state index in [-0.39, 0.29) is 0 Å². The second-order valence-electron chi connectivity index (χ2n) is 5.55. The molecule has 1 saturated carbocycles. The van der Waals surface area contributed by atoms with Gasteiger partial charge in [-0.2, -0.15) is 0 Å². The first kappa shape index (κ1) is 14.0. The number of nitrogens with one attached hydrogen (secondary N) is 1. The van der Waals surface area contributed by atoms with Gasteiger partial charge in [-0.25, -0.2) is 4.98 Å². The Morgan fingerprint density at radius 1 is 1.33 bits per heavy atom. The summed E-state index contributed by atoms with van der Waals surface area (Å²) >= 11 is 1.84. The van der Waals surface area contributed by atoms with Gasteiger partial charge in [0.25, 0.3) is 0 Å². The molecule has 1 aliphatic rings. The van der Waals surface area contributed by atoms with Gasteiger partial charge in [0.15, 0.2) is 0 Å². The van der Waals surface area contributed by atoms with Crippen LogP contribution in [0.25, 0.3) is 0 Å². The number of hydrogen-bond acceptors (Lipinski definition) is 3. The van der Waals surface area contributed by atoms with Crippen LogP contribution in [0.15, 0.2) is 5.38 Å². The van der Waals surface area contributed by atoms with Crippen LogP contribution in [0.1, 0.15) is 56.2 Å². The first-order chi connectivity index (χ1) is 8.79. The highest BCUT2D eigenvalue weighted by Crippen LogP contribution is 2.27. The van der Waals surface area contributed by atoms with Gasteiger partial charge in [-0.1, -0.05) is 26.2 Å². The maximum absolute atomic E-state index is 4.64. The molecule has 18 heavy (non-hydrogen) atoms. The average molecular weight is 266 g/mol. The van der Waals surface area contributed by atoms with Crippen molar-refractivity contribution in [1.82, 2.24) is 10.3 Å². The summed E-state index contributed by atoms with van der Waals surface area (Å²) in [6.07, 6.45) is 9.36. The molecule has 0 aromatic carbocycles. The van der Waals surface area contributed by atoms with Crippen molar-refractivity contribution in [3.8, 4) is 0 Å². The number of aromatic nitrogens is 1. The van der Waals surface area contributed by atoms with Crippen molar-refractivity contribution < 1.29 is 0 Å². The van der Waals surface area contributed by atoms with Crippen molar-refractivity contribution in [2.45, 2.75) is 64.8 Å². The molecular weight excluding hydrogens is 240 g/mol. The zero-order valence-electron chi connectivity index (χ0n) is 11.7. The topological polar surface area (TPSA) is 24.9 Å². The largest absolute Gasteiger partial charge is 0.314 e. The molecule has 2 atom stereocenters. The zero-order chi connectivity index (χ0) is 12.8. The summed E-state index contributed by atoms with van der Waals surface area (Å²) in [6.45, 7) is 5.51. The van der Waals surface area contributed by atoms with Crippen molar-refractivity contribution in [1.29, 1.82) is 0 Å². The molecular formula is C15H26N2S. The molecule has 2 rings (SSSR count). The van der Waals surface area contributed by atoms with Crippen LogP contribution >= 0.6 is 11.3 Å². The van der Waals surface area contributed by atoms with Crippen LogP contribution in [0, 0.1) is 12.8 Å². The predicted molar refractivity (Wildman–Crippen MR) is 79.2 cm³/mol. The van der Waals surface area contributed by atoms with Crippen LogP contribution in [0.5, 0.6) is 0 Å². The third kappa shape index (κ3) is 4.06. The van der Waals surface area contributed by atoms with E-state index in [1.54, 1.807) is 0 Å². The minimum absolute atomic E-state index is 0.719. The third-order valence-electron chi connectivity index (χ3n) is 3.92. The molecule has 3 heteroatoms. The number of thiazole rings is 1. The maximum Gasteiger partial charge on any atom is 0.0931 e. The molecule has 1 N–H and O–H groups in total. The molecule has 2 nitrogen and oxygen atoms in total. The molecule has 102 valence electrons. The number of hydrogen-bond donors (Lipinski definition) is 1. The van der Waals surface area contributed by atoms with Crippen molar-refractivity contribution in [2.24, 2.45) is 5.92 Å². The van der Waals surface area contributed by atoms with E-state index in [4.69, 9.17) is 0 Å². The lowest BCUT2D eigenvalue weighted by Crippen LogP contribution is -2.37. The van der Waals surface area contributed by atoms with Crippen LogP contribution in [-0.4, -0.2) is 17.6 Å². The second-order valence-corrected chi connectivity index (χ2v) is 6.49. The summed E-state index contributed by atoms with van der Waals surface area (Å²) in [6, 6.07) is 0.719. The van der Waals surface area contributed by atoms with Gasteiger partial charge in [-0.15, -0.1) is 11.3 Å². The molecule has 1 heterocycles. The van der Waals surface area contributed by atoms with Crippen LogP contribution < -0.4 is 5.32 Å². The first-order valence-corrected chi connectivity index (χ1v) is 8.32.